The third-order valence-corrected chi connectivity index (χ3v) is 9.23. The van der Waals surface area contributed by atoms with Gasteiger partial charge in [-0.25, -0.2) is 0 Å². The molecule has 268 valence electrons. The van der Waals surface area contributed by atoms with E-state index in [1.165, 1.54) is 27.7 Å². The Hall–Kier alpha value is -3.89. The average molecular weight is 706 g/mol. The number of thioether (sulfide) groups is 1. The number of aliphatic hydroxyl groups excluding tert-OH is 1. The largest absolute Gasteiger partial charge is 0.497 e. The highest BCUT2D eigenvalue weighted by Crippen LogP contribution is 2.40. The molecule has 0 aromatic heterocycles. The number of esters is 3. The molecular weight excluding hydrogens is 662 g/mol. The van der Waals surface area contributed by atoms with Crippen LogP contribution in [-0.2, 0) is 54.2 Å². The smallest absolute Gasteiger partial charge is 0.303 e. The maximum atomic E-state index is 12.5. The van der Waals surface area contributed by atoms with Crippen LogP contribution in [0.3, 0.4) is 0 Å². The van der Waals surface area contributed by atoms with E-state index in [4.69, 9.17) is 37.9 Å². The summed E-state index contributed by atoms with van der Waals surface area (Å²) in [4.78, 5) is 49.1. The molecule has 2 aromatic rings. The topological polar surface area (TPSA) is 174 Å². The monoisotopic (exact) mass is 705 g/mol. The molecule has 10 atom stereocenters. The lowest BCUT2D eigenvalue weighted by Gasteiger charge is -2.48. The fraction of sp³-hybridized carbons (Fsp3) is 0.529. The van der Waals surface area contributed by atoms with E-state index in [2.05, 4.69) is 5.32 Å². The summed E-state index contributed by atoms with van der Waals surface area (Å²) < 4.78 is 46.6. The van der Waals surface area contributed by atoms with E-state index in [9.17, 15) is 24.3 Å². The fourth-order valence-electron chi connectivity index (χ4n) is 5.58. The average Bonchev–Trinajstić information content (AvgIpc) is 3.05. The molecule has 15 heteroatoms. The summed E-state index contributed by atoms with van der Waals surface area (Å²) in [6.45, 7) is 6.49. The maximum Gasteiger partial charge on any atom is 0.303 e. The molecule has 2 aliphatic rings. The molecule has 0 radical (unpaired) electrons. The zero-order valence-electron chi connectivity index (χ0n) is 28.1. The van der Waals surface area contributed by atoms with Crippen LogP contribution in [0.25, 0.3) is 0 Å². The Morgan fingerprint density at radius 3 is 2.00 bits per heavy atom. The minimum absolute atomic E-state index is 0.109. The summed E-state index contributed by atoms with van der Waals surface area (Å²) in [5, 5.41) is 13.8. The van der Waals surface area contributed by atoms with Gasteiger partial charge in [-0.15, -0.1) is 11.8 Å². The third-order valence-electron chi connectivity index (χ3n) is 7.70. The Balaban J connectivity index is 1.68. The number of carbonyl (C=O) groups excluding carboxylic acids is 4. The van der Waals surface area contributed by atoms with Crippen molar-refractivity contribution in [2.45, 2.75) is 101 Å². The molecule has 4 rings (SSSR count). The van der Waals surface area contributed by atoms with Crippen molar-refractivity contribution in [1.82, 2.24) is 5.32 Å². The van der Waals surface area contributed by atoms with Crippen LogP contribution in [0.5, 0.6) is 11.5 Å². The van der Waals surface area contributed by atoms with Crippen molar-refractivity contribution in [3.05, 3.63) is 60.2 Å². The number of ether oxygens (including phenoxy) is 8. The first kappa shape index (κ1) is 37.9. The number of benzene rings is 2. The molecule has 2 saturated heterocycles. The summed E-state index contributed by atoms with van der Waals surface area (Å²) in [5.41, 5.74) is -0.240. The normalized spacial score (nSPS) is 29.6. The standard InChI is InChI=1S/C34H43NO13S/c1-18-29(45-20(3)37)30(46-21(4)38)31(47-22(5)39)34(44-18)49-32-27(35-19(2)36)33(43-16-23-10-8-7-9-11-23)48-26(28(32)40)17-42-25-14-12-24(41-6)13-15-25/h7-15,18,26-34,40H,16-17H2,1-6H3,(H,35,36)/t18-,26+,27+,28+,29+,30+,31-,32+,33+,34-/m0/s1. The lowest BCUT2D eigenvalue weighted by atomic mass is 9.99. The second-order valence-electron chi connectivity index (χ2n) is 11.6. The van der Waals surface area contributed by atoms with Crippen LogP contribution < -0.4 is 14.8 Å². The van der Waals surface area contributed by atoms with Gasteiger partial charge in [0.2, 0.25) is 5.91 Å². The molecule has 0 unspecified atom stereocenters. The number of aliphatic hydroxyl groups is 1. The van der Waals surface area contributed by atoms with Gasteiger partial charge in [0.25, 0.3) is 0 Å². The molecular formula is C34H43NO13S. The highest BCUT2D eigenvalue weighted by molar-refractivity contribution is 8.00. The molecule has 49 heavy (non-hydrogen) atoms. The molecule has 1 amide bonds. The van der Waals surface area contributed by atoms with Crippen LogP contribution in [0.2, 0.25) is 0 Å². The van der Waals surface area contributed by atoms with Gasteiger partial charge >= 0.3 is 17.9 Å². The number of hydrogen-bond donors (Lipinski definition) is 2. The number of methoxy groups -OCH3 is 1. The highest BCUT2D eigenvalue weighted by Gasteiger charge is 2.54. The summed E-state index contributed by atoms with van der Waals surface area (Å²) in [6, 6.07) is 15.3. The van der Waals surface area contributed by atoms with E-state index in [-0.39, 0.29) is 13.2 Å². The zero-order chi connectivity index (χ0) is 35.7. The summed E-state index contributed by atoms with van der Waals surface area (Å²) in [7, 11) is 1.55. The van der Waals surface area contributed by atoms with Gasteiger partial charge < -0.3 is 48.3 Å². The zero-order valence-corrected chi connectivity index (χ0v) is 29.0. The molecule has 2 N–H and O–H groups in total. The summed E-state index contributed by atoms with van der Waals surface area (Å²) in [6.07, 6.45) is -7.84. The van der Waals surface area contributed by atoms with Crippen molar-refractivity contribution in [2.24, 2.45) is 0 Å². The molecule has 2 heterocycles. The van der Waals surface area contributed by atoms with E-state index >= 15 is 0 Å². The van der Waals surface area contributed by atoms with E-state index in [1.807, 2.05) is 30.3 Å². The summed E-state index contributed by atoms with van der Waals surface area (Å²) in [5.74, 6) is -1.37. The Morgan fingerprint density at radius 2 is 1.41 bits per heavy atom. The predicted molar refractivity (Wildman–Crippen MR) is 174 cm³/mol. The van der Waals surface area contributed by atoms with Gasteiger partial charge in [0.1, 0.15) is 29.6 Å². The second kappa shape index (κ2) is 17.7. The molecule has 2 aliphatic heterocycles. The number of nitrogens with one attached hydrogen (secondary N) is 1. The van der Waals surface area contributed by atoms with Gasteiger partial charge in [-0.05, 0) is 36.8 Å². The molecule has 0 aliphatic carbocycles. The Morgan fingerprint density at radius 1 is 0.816 bits per heavy atom. The van der Waals surface area contributed by atoms with Gasteiger partial charge in [-0.2, -0.15) is 0 Å². The van der Waals surface area contributed by atoms with Crippen molar-refractivity contribution in [2.75, 3.05) is 13.7 Å². The third kappa shape index (κ3) is 10.5. The first-order valence-electron chi connectivity index (χ1n) is 15.7. The van der Waals surface area contributed by atoms with Crippen molar-refractivity contribution >= 4 is 35.6 Å². The van der Waals surface area contributed by atoms with E-state index in [0.717, 1.165) is 17.3 Å². The van der Waals surface area contributed by atoms with Crippen molar-refractivity contribution < 1.29 is 62.2 Å². The van der Waals surface area contributed by atoms with Crippen LogP contribution in [0.4, 0.5) is 0 Å². The number of carbonyl (C=O) groups is 4. The van der Waals surface area contributed by atoms with E-state index in [0.29, 0.717) is 11.5 Å². The maximum absolute atomic E-state index is 12.5. The van der Waals surface area contributed by atoms with Gasteiger partial charge in [0.05, 0.1) is 37.2 Å². The molecule has 14 nitrogen and oxygen atoms in total. The summed E-state index contributed by atoms with van der Waals surface area (Å²) >= 11 is 1.03. The molecule has 2 fully saturated rings. The quantitative estimate of drug-likeness (QED) is 0.230. The van der Waals surface area contributed by atoms with E-state index < -0.39 is 83.5 Å². The van der Waals surface area contributed by atoms with Gasteiger partial charge in [0, 0.05) is 27.7 Å². The number of rotatable bonds is 13. The van der Waals surface area contributed by atoms with Crippen LogP contribution in [0.15, 0.2) is 54.6 Å². The Kier molecular flexibility index (Phi) is 13.7. The highest BCUT2D eigenvalue weighted by atomic mass is 32.2. The molecule has 2 aromatic carbocycles. The van der Waals surface area contributed by atoms with Crippen LogP contribution in [0.1, 0.15) is 40.2 Å². The van der Waals surface area contributed by atoms with Gasteiger partial charge in [-0.1, -0.05) is 30.3 Å². The number of hydrogen-bond acceptors (Lipinski definition) is 14. The van der Waals surface area contributed by atoms with Crippen molar-refractivity contribution in [1.29, 1.82) is 0 Å². The van der Waals surface area contributed by atoms with Gasteiger partial charge in [-0.3, -0.25) is 19.2 Å². The first-order chi connectivity index (χ1) is 23.4. The van der Waals surface area contributed by atoms with Crippen molar-refractivity contribution in [3.8, 4) is 11.5 Å². The minimum atomic E-state index is -1.30. The van der Waals surface area contributed by atoms with Crippen molar-refractivity contribution in [3.63, 3.8) is 0 Å². The lowest BCUT2D eigenvalue weighted by molar-refractivity contribution is -0.243. The molecule has 0 bridgehead atoms. The second-order valence-corrected chi connectivity index (χ2v) is 12.9. The van der Waals surface area contributed by atoms with E-state index in [1.54, 1.807) is 38.3 Å². The number of amides is 1. The Bertz CT molecular complexity index is 1410. The van der Waals surface area contributed by atoms with Crippen LogP contribution >= 0.6 is 11.8 Å². The SMILES string of the molecule is COc1ccc(OC[C@H]2O[C@@H](OCc3ccccc3)[C@H](NC(C)=O)[C@@H](S[C@@H]3O[C@@H](C)[C@@H](OC(C)=O)[C@@H](OC(C)=O)[C@@H]3OC(C)=O)[C@@H]2O)cc1. The van der Waals surface area contributed by atoms with Gasteiger partial charge in [0.15, 0.2) is 24.6 Å². The Labute approximate surface area is 289 Å². The van der Waals surface area contributed by atoms with Crippen LogP contribution in [-0.4, -0.2) is 102 Å². The molecule has 0 spiro atoms. The fourth-order valence-corrected chi connectivity index (χ4v) is 7.20. The molecule has 0 saturated carbocycles. The van der Waals surface area contributed by atoms with Crippen LogP contribution in [0, 0.1) is 0 Å². The minimum Gasteiger partial charge on any atom is -0.497 e. The lowest BCUT2D eigenvalue weighted by Crippen LogP contribution is -2.65. The predicted octanol–water partition coefficient (Wildman–Crippen LogP) is 2.52. The first-order valence-corrected chi connectivity index (χ1v) is 16.7.